The number of Topliss-reactive ketones (excluding diaryl/α,β-unsaturated/α-hetero) is 1. The molecule has 1 heterocycles. The number of methoxy groups -OCH3 is 1. The van der Waals surface area contributed by atoms with E-state index in [0.29, 0.717) is 17.1 Å². The molecule has 0 radical (unpaired) electrons. The highest BCUT2D eigenvalue weighted by molar-refractivity contribution is 6.02. The number of carboxylic acids is 1. The number of ether oxygens (including phenoxy) is 2. The Morgan fingerprint density at radius 3 is 2.59 bits per heavy atom. The molecule has 112 valence electrons. The standard InChI is InChI=1S/C17H14O5/c1-21-13-3-2-4-14-16(13)12(18)9-15(22-14)10-5-7-11(8-6-10)17(19)20/h2-8,15H,9H2,1H3,(H,19,20). The molecule has 22 heavy (non-hydrogen) atoms. The molecule has 2 aromatic carbocycles. The third-order valence-electron chi connectivity index (χ3n) is 3.66. The first kappa shape index (κ1) is 14.1. The number of benzene rings is 2. The molecule has 0 saturated heterocycles. The number of carbonyl (C=O) groups excluding carboxylic acids is 1. The van der Waals surface area contributed by atoms with Crippen molar-refractivity contribution in [1.82, 2.24) is 0 Å². The lowest BCUT2D eigenvalue weighted by atomic mass is 9.95. The Bertz CT molecular complexity index is 733. The fraction of sp³-hybridized carbons (Fsp3) is 0.176. The Hall–Kier alpha value is -2.82. The summed E-state index contributed by atoms with van der Waals surface area (Å²) in [5.41, 5.74) is 1.43. The van der Waals surface area contributed by atoms with E-state index < -0.39 is 12.1 Å². The maximum atomic E-state index is 12.4. The number of ketones is 1. The van der Waals surface area contributed by atoms with Crippen molar-refractivity contribution in [1.29, 1.82) is 0 Å². The summed E-state index contributed by atoms with van der Waals surface area (Å²) in [5.74, 6) is -0.0432. The first-order valence-electron chi connectivity index (χ1n) is 6.80. The molecule has 1 unspecified atom stereocenters. The lowest BCUT2D eigenvalue weighted by Gasteiger charge is -2.26. The maximum Gasteiger partial charge on any atom is 0.335 e. The molecule has 1 atom stereocenters. The fourth-order valence-electron chi connectivity index (χ4n) is 2.55. The van der Waals surface area contributed by atoms with E-state index in [4.69, 9.17) is 14.6 Å². The fourth-order valence-corrected chi connectivity index (χ4v) is 2.55. The zero-order chi connectivity index (χ0) is 15.7. The predicted molar refractivity (Wildman–Crippen MR) is 78.7 cm³/mol. The zero-order valence-corrected chi connectivity index (χ0v) is 11.9. The first-order chi connectivity index (χ1) is 10.6. The lowest BCUT2D eigenvalue weighted by molar-refractivity contribution is 0.0695. The van der Waals surface area contributed by atoms with E-state index >= 15 is 0 Å². The molecule has 2 aromatic rings. The van der Waals surface area contributed by atoms with Crippen LogP contribution in [-0.2, 0) is 0 Å². The summed E-state index contributed by atoms with van der Waals surface area (Å²) in [6.45, 7) is 0. The van der Waals surface area contributed by atoms with Crippen LogP contribution in [0.5, 0.6) is 11.5 Å². The summed E-state index contributed by atoms with van der Waals surface area (Å²) >= 11 is 0. The monoisotopic (exact) mass is 298 g/mol. The summed E-state index contributed by atoms with van der Waals surface area (Å²) < 4.78 is 11.1. The van der Waals surface area contributed by atoms with E-state index in [1.165, 1.54) is 19.2 Å². The minimum Gasteiger partial charge on any atom is -0.496 e. The Morgan fingerprint density at radius 1 is 1.23 bits per heavy atom. The summed E-state index contributed by atoms with van der Waals surface area (Å²) in [6, 6.07) is 11.6. The van der Waals surface area contributed by atoms with Crippen molar-refractivity contribution < 1.29 is 24.2 Å². The third kappa shape index (κ3) is 2.41. The highest BCUT2D eigenvalue weighted by Crippen LogP contribution is 2.39. The van der Waals surface area contributed by atoms with Crippen molar-refractivity contribution in [3.05, 3.63) is 59.2 Å². The molecular weight excluding hydrogens is 284 g/mol. The van der Waals surface area contributed by atoms with Gasteiger partial charge in [0.05, 0.1) is 19.1 Å². The molecule has 0 aliphatic carbocycles. The molecule has 5 heteroatoms. The summed E-state index contributed by atoms with van der Waals surface area (Å²) in [4.78, 5) is 23.2. The van der Waals surface area contributed by atoms with E-state index in [-0.39, 0.29) is 17.8 Å². The second-order valence-electron chi connectivity index (χ2n) is 4.99. The smallest absolute Gasteiger partial charge is 0.335 e. The molecular formula is C17H14O5. The van der Waals surface area contributed by atoms with E-state index in [0.717, 1.165) is 5.56 Å². The minimum atomic E-state index is -0.984. The number of hydrogen-bond donors (Lipinski definition) is 1. The van der Waals surface area contributed by atoms with Gasteiger partial charge >= 0.3 is 5.97 Å². The van der Waals surface area contributed by atoms with E-state index in [1.807, 2.05) is 0 Å². The Balaban J connectivity index is 1.92. The van der Waals surface area contributed by atoms with Crippen molar-refractivity contribution in [3.63, 3.8) is 0 Å². The second-order valence-corrected chi connectivity index (χ2v) is 4.99. The number of carbonyl (C=O) groups is 2. The highest BCUT2D eigenvalue weighted by atomic mass is 16.5. The van der Waals surface area contributed by atoms with Crippen LogP contribution in [0.3, 0.4) is 0 Å². The van der Waals surface area contributed by atoms with E-state index in [1.54, 1.807) is 30.3 Å². The number of hydrogen-bond acceptors (Lipinski definition) is 4. The number of rotatable bonds is 3. The number of fused-ring (bicyclic) bond motifs is 1. The summed E-state index contributed by atoms with van der Waals surface area (Å²) in [5, 5.41) is 8.92. The van der Waals surface area contributed by atoms with Gasteiger partial charge in [-0.15, -0.1) is 0 Å². The molecule has 0 amide bonds. The van der Waals surface area contributed by atoms with Crippen LogP contribution < -0.4 is 9.47 Å². The SMILES string of the molecule is COc1cccc2c1C(=O)CC(c1ccc(C(=O)O)cc1)O2. The van der Waals surface area contributed by atoms with Gasteiger partial charge in [-0.2, -0.15) is 0 Å². The normalized spacial score (nSPS) is 16.6. The molecule has 1 N–H and O–H groups in total. The molecule has 0 fully saturated rings. The lowest BCUT2D eigenvalue weighted by Crippen LogP contribution is -2.21. The van der Waals surface area contributed by atoms with Gasteiger partial charge in [0, 0.05) is 0 Å². The van der Waals surface area contributed by atoms with E-state index in [9.17, 15) is 9.59 Å². The maximum absolute atomic E-state index is 12.4. The average molecular weight is 298 g/mol. The van der Waals surface area contributed by atoms with Gasteiger partial charge in [0.2, 0.25) is 0 Å². The Morgan fingerprint density at radius 2 is 1.95 bits per heavy atom. The molecule has 0 saturated carbocycles. The van der Waals surface area contributed by atoms with Crippen LogP contribution in [0.1, 0.15) is 38.8 Å². The summed E-state index contributed by atoms with van der Waals surface area (Å²) in [6.07, 6.45) is -0.227. The van der Waals surface area contributed by atoms with Crippen molar-refractivity contribution >= 4 is 11.8 Å². The van der Waals surface area contributed by atoms with Gasteiger partial charge in [0.25, 0.3) is 0 Å². The van der Waals surface area contributed by atoms with Gasteiger partial charge in [-0.25, -0.2) is 4.79 Å². The largest absolute Gasteiger partial charge is 0.496 e. The molecule has 1 aliphatic heterocycles. The summed E-state index contributed by atoms with van der Waals surface area (Å²) in [7, 11) is 1.51. The predicted octanol–water partition coefficient (Wildman–Crippen LogP) is 3.10. The van der Waals surface area contributed by atoms with Gasteiger partial charge < -0.3 is 14.6 Å². The highest BCUT2D eigenvalue weighted by Gasteiger charge is 2.30. The van der Waals surface area contributed by atoms with Crippen LogP contribution in [-0.4, -0.2) is 24.0 Å². The van der Waals surface area contributed by atoms with Gasteiger partial charge in [0.1, 0.15) is 23.2 Å². The van der Waals surface area contributed by atoms with Crippen LogP contribution in [0.25, 0.3) is 0 Å². The van der Waals surface area contributed by atoms with Crippen LogP contribution >= 0.6 is 0 Å². The number of aromatic carboxylic acids is 1. The van der Waals surface area contributed by atoms with Crippen molar-refractivity contribution in [2.75, 3.05) is 7.11 Å². The molecule has 5 nitrogen and oxygen atoms in total. The van der Waals surface area contributed by atoms with Crippen LogP contribution in [0.2, 0.25) is 0 Å². The topological polar surface area (TPSA) is 72.8 Å². The molecule has 3 rings (SSSR count). The van der Waals surface area contributed by atoms with Crippen LogP contribution in [0, 0.1) is 0 Å². The third-order valence-corrected chi connectivity index (χ3v) is 3.66. The van der Waals surface area contributed by atoms with Gasteiger partial charge in [-0.05, 0) is 29.8 Å². The Kier molecular flexibility index (Phi) is 3.55. The Labute approximate surface area is 127 Å². The van der Waals surface area contributed by atoms with E-state index in [2.05, 4.69) is 0 Å². The quantitative estimate of drug-likeness (QED) is 0.942. The average Bonchev–Trinajstić information content (AvgIpc) is 2.54. The molecule has 0 spiro atoms. The van der Waals surface area contributed by atoms with Crippen molar-refractivity contribution in [3.8, 4) is 11.5 Å². The minimum absolute atomic E-state index is 0.0500. The van der Waals surface area contributed by atoms with Gasteiger partial charge in [0.15, 0.2) is 5.78 Å². The van der Waals surface area contributed by atoms with Gasteiger partial charge in [-0.1, -0.05) is 18.2 Å². The molecule has 1 aliphatic rings. The number of carboxylic acid groups (broad SMARTS) is 1. The van der Waals surface area contributed by atoms with Crippen LogP contribution in [0.15, 0.2) is 42.5 Å². The van der Waals surface area contributed by atoms with Crippen molar-refractivity contribution in [2.24, 2.45) is 0 Å². The van der Waals surface area contributed by atoms with Crippen molar-refractivity contribution in [2.45, 2.75) is 12.5 Å². The molecule has 0 bridgehead atoms. The van der Waals surface area contributed by atoms with Crippen LogP contribution in [0.4, 0.5) is 0 Å². The molecule has 0 aromatic heterocycles. The second kappa shape index (κ2) is 5.52. The first-order valence-corrected chi connectivity index (χ1v) is 6.80. The van der Waals surface area contributed by atoms with Gasteiger partial charge in [-0.3, -0.25) is 4.79 Å². The zero-order valence-electron chi connectivity index (χ0n) is 11.9.